The molecule has 1 aromatic heterocycles. The second-order valence-corrected chi connectivity index (χ2v) is 11.1. The van der Waals surface area contributed by atoms with Crippen molar-refractivity contribution < 1.29 is 39.3 Å². The predicted molar refractivity (Wildman–Crippen MR) is 162 cm³/mol. The van der Waals surface area contributed by atoms with Gasteiger partial charge in [-0.05, 0) is 48.1 Å². The number of aliphatic carboxylic acids is 2. The van der Waals surface area contributed by atoms with Crippen LogP contribution < -0.4 is 21.7 Å². The first-order chi connectivity index (χ1) is 20.8. The van der Waals surface area contributed by atoms with Crippen LogP contribution in [0.5, 0.6) is 5.75 Å². The highest BCUT2D eigenvalue weighted by atomic mass is 16.4. The topological polar surface area (TPSA) is 224 Å². The molecule has 4 unspecified atom stereocenters. The van der Waals surface area contributed by atoms with Crippen molar-refractivity contribution in [3.8, 4) is 5.75 Å². The van der Waals surface area contributed by atoms with Crippen LogP contribution in [0.15, 0.2) is 54.7 Å². The highest BCUT2D eigenvalue weighted by Crippen LogP contribution is 2.19. The molecule has 3 aromatic rings. The van der Waals surface area contributed by atoms with Crippen LogP contribution in [0.3, 0.4) is 0 Å². The largest absolute Gasteiger partial charge is 0.508 e. The van der Waals surface area contributed by atoms with Gasteiger partial charge in [-0.25, -0.2) is 4.79 Å². The molecule has 0 saturated carbocycles. The number of phenols is 1. The third kappa shape index (κ3) is 9.83. The number of carboxylic acids is 2. The van der Waals surface area contributed by atoms with Crippen molar-refractivity contribution in [1.82, 2.24) is 20.9 Å². The second kappa shape index (κ2) is 15.5. The van der Waals surface area contributed by atoms with E-state index in [1.54, 1.807) is 18.3 Å². The van der Waals surface area contributed by atoms with Gasteiger partial charge in [0, 0.05) is 36.4 Å². The fourth-order valence-corrected chi connectivity index (χ4v) is 4.73. The van der Waals surface area contributed by atoms with E-state index >= 15 is 0 Å². The number of carbonyl (C=O) groups is 5. The lowest BCUT2D eigenvalue weighted by molar-refractivity contribution is -0.142. The molecule has 0 fully saturated rings. The summed E-state index contributed by atoms with van der Waals surface area (Å²) in [5.74, 6) is -4.60. The summed E-state index contributed by atoms with van der Waals surface area (Å²) < 4.78 is 0. The summed E-state index contributed by atoms with van der Waals surface area (Å²) in [6, 6.07) is 8.50. The Bertz CT molecular complexity index is 1470. The minimum Gasteiger partial charge on any atom is -0.508 e. The van der Waals surface area contributed by atoms with Crippen molar-refractivity contribution in [2.24, 2.45) is 11.7 Å². The number of para-hydroxylation sites is 1. The standard InChI is InChI=1S/C31H39N5O8/c1-17(2)13-24(34-28(40)22(32)11-12-27(38)39)29(41)35-25(14-18-7-9-20(37)10-8-18)30(42)36-26(31(43)44)15-19-16-33-23-6-4-3-5-21(19)23/h3-10,16-17,22,24-26,33,37H,11-15,32H2,1-2H3,(H,34,40)(H,35,41)(H,36,42)(H,38,39)(H,43,44). The Balaban J connectivity index is 1.81. The molecule has 0 saturated heterocycles. The van der Waals surface area contributed by atoms with Crippen molar-refractivity contribution in [3.63, 3.8) is 0 Å². The SMILES string of the molecule is CC(C)CC(NC(=O)C(N)CCC(=O)O)C(=O)NC(Cc1ccc(O)cc1)C(=O)NC(Cc1c[nH]c2ccccc12)C(=O)O. The van der Waals surface area contributed by atoms with Crippen LogP contribution in [0, 0.1) is 5.92 Å². The molecular formula is C31H39N5O8. The molecule has 9 N–H and O–H groups in total. The number of hydrogen-bond donors (Lipinski definition) is 8. The number of nitrogens with two attached hydrogens (primary N) is 1. The van der Waals surface area contributed by atoms with Gasteiger partial charge in [-0.2, -0.15) is 0 Å². The Kier molecular flexibility index (Phi) is 11.9. The summed E-state index contributed by atoms with van der Waals surface area (Å²) in [6.45, 7) is 3.67. The number of carboxylic acid groups (broad SMARTS) is 2. The molecule has 3 amide bonds. The maximum absolute atomic E-state index is 13.6. The molecule has 3 rings (SSSR count). The smallest absolute Gasteiger partial charge is 0.326 e. The maximum Gasteiger partial charge on any atom is 0.326 e. The summed E-state index contributed by atoms with van der Waals surface area (Å²) in [6.07, 6.45) is 1.35. The number of benzene rings is 2. The number of aromatic nitrogens is 1. The fraction of sp³-hybridized carbons (Fsp3) is 0.387. The van der Waals surface area contributed by atoms with E-state index in [2.05, 4.69) is 20.9 Å². The van der Waals surface area contributed by atoms with Crippen LogP contribution in [0.25, 0.3) is 10.9 Å². The van der Waals surface area contributed by atoms with E-state index in [1.165, 1.54) is 12.1 Å². The number of amides is 3. The number of rotatable bonds is 16. The third-order valence-corrected chi connectivity index (χ3v) is 7.07. The first-order valence-electron chi connectivity index (χ1n) is 14.3. The molecule has 2 aromatic carbocycles. The van der Waals surface area contributed by atoms with Gasteiger partial charge in [-0.3, -0.25) is 19.2 Å². The van der Waals surface area contributed by atoms with Crippen molar-refractivity contribution in [1.29, 1.82) is 0 Å². The van der Waals surface area contributed by atoms with E-state index in [0.29, 0.717) is 11.1 Å². The molecule has 13 heteroatoms. The van der Waals surface area contributed by atoms with E-state index in [4.69, 9.17) is 10.8 Å². The van der Waals surface area contributed by atoms with Gasteiger partial charge in [0.2, 0.25) is 17.7 Å². The summed E-state index contributed by atoms with van der Waals surface area (Å²) in [4.78, 5) is 65.9. The number of aromatic amines is 1. The van der Waals surface area contributed by atoms with E-state index in [1.807, 2.05) is 38.1 Å². The molecule has 0 radical (unpaired) electrons. The number of phenolic OH excluding ortho intramolecular Hbond substituents is 1. The fourth-order valence-electron chi connectivity index (χ4n) is 4.73. The van der Waals surface area contributed by atoms with Crippen molar-refractivity contribution in [3.05, 3.63) is 65.9 Å². The van der Waals surface area contributed by atoms with Gasteiger partial charge in [-0.15, -0.1) is 0 Å². The molecule has 44 heavy (non-hydrogen) atoms. The van der Waals surface area contributed by atoms with Crippen molar-refractivity contribution >= 4 is 40.6 Å². The zero-order chi connectivity index (χ0) is 32.4. The van der Waals surface area contributed by atoms with E-state index < -0.39 is 53.8 Å². The van der Waals surface area contributed by atoms with Gasteiger partial charge in [0.1, 0.15) is 23.9 Å². The molecule has 0 bridgehead atoms. The van der Waals surface area contributed by atoms with E-state index in [0.717, 1.165) is 10.9 Å². The summed E-state index contributed by atoms with van der Waals surface area (Å²) in [5, 5.41) is 37.1. The van der Waals surface area contributed by atoms with Gasteiger partial charge in [0.15, 0.2) is 0 Å². The molecular weight excluding hydrogens is 570 g/mol. The Morgan fingerprint density at radius 3 is 2.07 bits per heavy atom. The first-order valence-corrected chi connectivity index (χ1v) is 14.3. The molecule has 0 aliphatic heterocycles. The predicted octanol–water partition coefficient (Wildman–Crippen LogP) is 1.44. The van der Waals surface area contributed by atoms with Crippen LogP contribution in [0.1, 0.15) is 44.2 Å². The number of fused-ring (bicyclic) bond motifs is 1. The Labute approximate surface area is 254 Å². The normalized spacial score (nSPS) is 13.9. The molecule has 0 aliphatic carbocycles. The van der Waals surface area contributed by atoms with E-state index in [9.17, 15) is 34.2 Å². The quantitative estimate of drug-likeness (QED) is 0.117. The summed E-state index contributed by atoms with van der Waals surface area (Å²) in [7, 11) is 0. The molecule has 0 spiro atoms. The maximum atomic E-state index is 13.6. The zero-order valence-corrected chi connectivity index (χ0v) is 24.6. The average Bonchev–Trinajstić information content (AvgIpc) is 3.38. The first kappa shape index (κ1) is 33.6. The minimum atomic E-state index is -1.32. The number of H-pyrrole nitrogens is 1. The second-order valence-electron chi connectivity index (χ2n) is 11.1. The Morgan fingerprint density at radius 2 is 1.43 bits per heavy atom. The molecule has 13 nitrogen and oxygen atoms in total. The van der Waals surface area contributed by atoms with Gasteiger partial charge in [-0.1, -0.05) is 44.2 Å². The molecule has 0 aliphatic rings. The molecule has 236 valence electrons. The van der Waals surface area contributed by atoms with Gasteiger partial charge in [0.05, 0.1) is 6.04 Å². The molecule has 1 heterocycles. The lowest BCUT2D eigenvalue weighted by atomic mass is 9.99. The minimum absolute atomic E-state index is 0.00223. The average molecular weight is 610 g/mol. The van der Waals surface area contributed by atoms with Crippen LogP contribution in [0.2, 0.25) is 0 Å². The van der Waals surface area contributed by atoms with Gasteiger partial charge < -0.3 is 42.0 Å². The van der Waals surface area contributed by atoms with Crippen LogP contribution in [-0.4, -0.2) is 74.1 Å². The number of carbonyl (C=O) groups excluding carboxylic acids is 3. The van der Waals surface area contributed by atoms with Crippen LogP contribution >= 0.6 is 0 Å². The van der Waals surface area contributed by atoms with Gasteiger partial charge >= 0.3 is 11.9 Å². The van der Waals surface area contributed by atoms with Crippen LogP contribution in [-0.2, 0) is 36.8 Å². The number of hydrogen-bond acceptors (Lipinski definition) is 7. The number of aromatic hydroxyl groups is 1. The highest BCUT2D eigenvalue weighted by molar-refractivity contribution is 5.94. The Morgan fingerprint density at radius 1 is 0.818 bits per heavy atom. The Hall–Kier alpha value is -4.91. The monoisotopic (exact) mass is 609 g/mol. The summed E-state index contributed by atoms with van der Waals surface area (Å²) >= 11 is 0. The molecule has 4 atom stereocenters. The number of nitrogens with one attached hydrogen (secondary N) is 4. The highest BCUT2D eigenvalue weighted by Gasteiger charge is 2.31. The van der Waals surface area contributed by atoms with E-state index in [-0.39, 0.29) is 43.8 Å². The van der Waals surface area contributed by atoms with Crippen LogP contribution in [0.4, 0.5) is 0 Å². The summed E-state index contributed by atoms with van der Waals surface area (Å²) in [5.41, 5.74) is 7.91. The van der Waals surface area contributed by atoms with Gasteiger partial charge in [0.25, 0.3) is 0 Å². The third-order valence-electron chi connectivity index (χ3n) is 7.07. The zero-order valence-electron chi connectivity index (χ0n) is 24.6. The van der Waals surface area contributed by atoms with Crippen molar-refractivity contribution in [2.75, 3.05) is 0 Å². The lowest BCUT2D eigenvalue weighted by Gasteiger charge is -2.26. The van der Waals surface area contributed by atoms with Crippen molar-refractivity contribution in [2.45, 2.75) is 70.1 Å². The lowest BCUT2D eigenvalue weighted by Crippen LogP contribution is -2.58.